The van der Waals surface area contributed by atoms with Gasteiger partial charge in [0.25, 0.3) is 0 Å². The van der Waals surface area contributed by atoms with E-state index in [2.05, 4.69) is 10.8 Å². The molecule has 0 spiro atoms. The minimum Gasteiger partial charge on any atom is -0.290 e. The van der Waals surface area contributed by atoms with Crippen molar-refractivity contribution in [2.75, 3.05) is 32.7 Å². The van der Waals surface area contributed by atoms with Crippen LogP contribution in [0.25, 0.3) is 0 Å². The molecule has 0 N–H and O–H groups in total. The standard InChI is InChI=1S/C7H11FN2/c1-2-3-9-4-6-10(8)7-5-9/h1H,3-7H2. The summed E-state index contributed by atoms with van der Waals surface area (Å²) in [4.78, 5) is 2.07. The molecule has 0 aromatic rings. The van der Waals surface area contributed by atoms with Gasteiger partial charge in [0, 0.05) is 26.2 Å². The van der Waals surface area contributed by atoms with Crippen molar-refractivity contribution in [1.82, 2.24) is 10.0 Å². The Bertz CT molecular complexity index is 133. The van der Waals surface area contributed by atoms with E-state index in [4.69, 9.17) is 6.42 Å². The zero-order chi connectivity index (χ0) is 7.40. The van der Waals surface area contributed by atoms with Gasteiger partial charge in [0.15, 0.2) is 0 Å². The highest BCUT2D eigenvalue weighted by Crippen LogP contribution is 1.99. The first-order valence-corrected chi connectivity index (χ1v) is 3.39. The van der Waals surface area contributed by atoms with Crippen LogP contribution in [0.15, 0.2) is 0 Å². The molecule has 10 heavy (non-hydrogen) atoms. The van der Waals surface area contributed by atoms with E-state index < -0.39 is 0 Å². The summed E-state index contributed by atoms with van der Waals surface area (Å²) >= 11 is 0. The second-order valence-corrected chi connectivity index (χ2v) is 2.39. The first-order chi connectivity index (χ1) is 4.83. The van der Waals surface area contributed by atoms with Crippen molar-refractivity contribution in [1.29, 1.82) is 0 Å². The van der Waals surface area contributed by atoms with Crippen molar-refractivity contribution in [2.24, 2.45) is 0 Å². The third kappa shape index (κ3) is 1.98. The Balaban J connectivity index is 2.21. The summed E-state index contributed by atoms with van der Waals surface area (Å²) in [5, 5.41) is 0.826. The monoisotopic (exact) mass is 142 g/mol. The molecule has 1 heterocycles. The van der Waals surface area contributed by atoms with Crippen LogP contribution >= 0.6 is 0 Å². The maximum absolute atomic E-state index is 12.4. The van der Waals surface area contributed by atoms with E-state index >= 15 is 0 Å². The highest BCUT2D eigenvalue weighted by atomic mass is 19.2. The summed E-state index contributed by atoms with van der Waals surface area (Å²) in [6.07, 6.45) is 5.09. The van der Waals surface area contributed by atoms with Gasteiger partial charge in [-0.15, -0.1) is 16.0 Å². The maximum atomic E-state index is 12.4. The third-order valence-corrected chi connectivity index (χ3v) is 1.63. The van der Waals surface area contributed by atoms with Gasteiger partial charge in [-0.3, -0.25) is 4.90 Å². The van der Waals surface area contributed by atoms with Crippen molar-refractivity contribution in [3.8, 4) is 12.3 Å². The largest absolute Gasteiger partial charge is 0.290 e. The van der Waals surface area contributed by atoms with E-state index in [9.17, 15) is 4.48 Å². The van der Waals surface area contributed by atoms with Crippen LogP contribution in [0.4, 0.5) is 4.48 Å². The van der Waals surface area contributed by atoms with Gasteiger partial charge < -0.3 is 0 Å². The summed E-state index contributed by atoms with van der Waals surface area (Å²) in [7, 11) is 0. The quantitative estimate of drug-likeness (QED) is 0.379. The lowest BCUT2D eigenvalue weighted by atomic mass is 10.3. The molecule has 3 heteroatoms. The van der Waals surface area contributed by atoms with Crippen molar-refractivity contribution >= 4 is 0 Å². The highest BCUT2D eigenvalue weighted by Gasteiger charge is 2.14. The van der Waals surface area contributed by atoms with Crippen LogP contribution in [0.2, 0.25) is 0 Å². The molecule has 1 fully saturated rings. The smallest absolute Gasteiger partial charge is 0.0599 e. The van der Waals surface area contributed by atoms with Crippen molar-refractivity contribution in [3.05, 3.63) is 0 Å². The van der Waals surface area contributed by atoms with E-state index in [1.165, 1.54) is 0 Å². The number of hydrogen-bond acceptors (Lipinski definition) is 2. The molecular formula is C7H11FN2. The maximum Gasteiger partial charge on any atom is 0.0599 e. The Morgan fingerprint density at radius 3 is 2.40 bits per heavy atom. The van der Waals surface area contributed by atoms with E-state index in [1.807, 2.05) is 0 Å². The number of nitrogens with zero attached hydrogens (tertiary/aromatic N) is 2. The van der Waals surface area contributed by atoms with Gasteiger partial charge in [-0.2, -0.15) is 0 Å². The number of piperazine rings is 1. The first-order valence-electron chi connectivity index (χ1n) is 3.39. The Hall–Kier alpha value is -0.590. The highest BCUT2D eigenvalue weighted by molar-refractivity contribution is 4.89. The van der Waals surface area contributed by atoms with Crippen LogP contribution in [0.3, 0.4) is 0 Å². The predicted octanol–water partition coefficient (Wildman–Crippen LogP) is 0.122. The number of hydrogen-bond donors (Lipinski definition) is 0. The van der Waals surface area contributed by atoms with Gasteiger partial charge in [-0.1, -0.05) is 5.92 Å². The Morgan fingerprint density at radius 1 is 1.30 bits per heavy atom. The molecule has 0 aromatic carbocycles. The minimum absolute atomic E-state index is 0.488. The van der Waals surface area contributed by atoms with E-state index in [0.29, 0.717) is 19.6 Å². The van der Waals surface area contributed by atoms with Crippen molar-refractivity contribution < 1.29 is 4.48 Å². The van der Waals surface area contributed by atoms with Crippen LogP contribution in [-0.2, 0) is 0 Å². The molecule has 0 aliphatic carbocycles. The van der Waals surface area contributed by atoms with Crippen LogP contribution < -0.4 is 0 Å². The van der Waals surface area contributed by atoms with Gasteiger partial charge in [-0.25, -0.2) is 0 Å². The molecule has 1 aliphatic heterocycles. The Labute approximate surface area is 60.5 Å². The molecule has 0 saturated carbocycles. The fraction of sp³-hybridized carbons (Fsp3) is 0.714. The fourth-order valence-corrected chi connectivity index (χ4v) is 1.01. The summed E-state index contributed by atoms with van der Waals surface area (Å²) in [6, 6.07) is 0. The average molecular weight is 142 g/mol. The van der Waals surface area contributed by atoms with Crippen molar-refractivity contribution in [2.45, 2.75) is 0 Å². The van der Waals surface area contributed by atoms with Crippen LogP contribution in [0, 0.1) is 12.3 Å². The first kappa shape index (κ1) is 7.52. The summed E-state index contributed by atoms with van der Waals surface area (Å²) < 4.78 is 12.4. The zero-order valence-electron chi connectivity index (χ0n) is 5.89. The molecule has 0 aromatic heterocycles. The normalized spacial score (nSPS) is 22.4. The SMILES string of the molecule is C#CCN1CCN(F)CC1. The van der Waals surface area contributed by atoms with Gasteiger partial charge in [0.1, 0.15) is 0 Å². The molecule has 0 atom stereocenters. The lowest BCUT2D eigenvalue weighted by Gasteiger charge is -2.27. The molecular weight excluding hydrogens is 131 g/mol. The molecule has 1 saturated heterocycles. The van der Waals surface area contributed by atoms with Crippen LogP contribution in [-0.4, -0.2) is 42.7 Å². The zero-order valence-corrected chi connectivity index (χ0v) is 5.89. The fourth-order valence-electron chi connectivity index (χ4n) is 1.01. The molecule has 1 aliphatic rings. The summed E-state index contributed by atoms with van der Waals surface area (Å²) in [6.45, 7) is 3.12. The minimum atomic E-state index is 0.488. The van der Waals surface area contributed by atoms with Gasteiger partial charge in [0.2, 0.25) is 0 Å². The lowest BCUT2D eigenvalue weighted by molar-refractivity contribution is -0.0183. The third-order valence-electron chi connectivity index (χ3n) is 1.63. The average Bonchev–Trinajstić information content (AvgIpc) is 1.95. The molecule has 2 nitrogen and oxygen atoms in total. The number of halogens is 1. The van der Waals surface area contributed by atoms with E-state index in [0.717, 1.165) is 18.2 Å². The van der Waals surface area contributed by atoms with E-state index in [1.54, 1.807) is 0 Å². The number of rotatable bonds is 1. The molecule has 0 bridgehead atoms. The second kappa shape index (κ2) is 3.55. The second-order valence-electron chi connectivity index (χ2n) is 2.39. The topological polar surface area (TPSA) is 6.48 Å². The Kier molecular flexibility index (Phi) is 2.67. The van der Waals surface area contributed by atoms with Crippen LogP contribution in [0.1, 0.15) is 0 Å². The van der Waals surface area contributed by atoms with Gasteiger partial charge >= 0.3 is 0 Å². The van der Waals surface area contributed by atoms with Crippen molar-refractivity contribution in [3.63, 3.8) is 0 Å². The Morgan fingerprint density at radius 2 is 1.90 bits per heavy atom. The molecule has 1 rings (SSSR count). The van der Waals surface area contributed by atoms with Crippen LogP contribution in [0.5, 0.6) is 0 Å². The summed E-state index contributed by atoms with van der Waals surface area (Å²) in [5.41, 5.74) is 0. The van der Waals surface area contributed by atoms with Gasteiger partial charge in [0.05, 0.1) is 6.54 Å². The lowest BCUT2D eigenvalue weighted by Crippen LogP contribution is -2.42. The molecule has 0 radical (unpaired) electrons. The predicted molar refractivity (Wildman–Crippen MR) is 38.0 cm³/mol. The molecule has 56 valence electrons. The van der Waals surface area contributed by atoms with Gasteiger partial charge in [-0.05, 0) is 0 Å². The summed E-state index contributed by atoms with van der Waals surface area (Å²) in [5.74, 6) is 2.54. The molecule has 0 amide bonds. The van der Waals surface area contributed by atoms with E-state index in [-0.39, 0.29) is 0 Å². The number of terminal acetylenes is 1. The molecule has 0 unspecified atom stereocenters.